The number of pyridine rings is 1. The van der Waals surface area contributed by atoms with Crippen molar-refractivity contribution in [3.63, 3.8) is 0 Å². The fraction of sp³-hybridized carbons (Fsp3) is 0.545. The highest BCUT2D eigenvalue weighted by Crippen LogP contribution is 2.22. The molecule has 0 spiro atoms. The van der Waals surface area contributed by atoms with Crippen LogP contribution in [-0.2, 0) is 6.42 Å². The van der Waals surface area contributed by atoms with Crippen LogP contribution in [0.3, 0.4) is 0 Å². The largest absolute Gasteiger partial charge is 0.317 e. The van der Waals surface area contributed by atoms with Crippen LogP contribution in [0.5, 0.6) is 0 Å². The van der Waals surface area contributed by atoms with Crippen molar-refractivity contribution in [2.75, 3.05) is 13.1 Å². The monoisotopic (exact) mass is 221 g/mol. The Morgan fingerprint density at radius 3 is 2.94 bits per heavy atom. The van der Waals surface area contributed by atoms with Crippen molar-refractivity contribution in [2.45, 2.75) is 19.3 Å². The van der Waals surface area contributed by atoms with Crippen LogP contribution in [-0.4, -0.2) is 23.0 Å². The number of nitrogens with zero attached hydrogens (tertiary/aromatic N) is 2. The zero-order valence-corrected chi connectivity index (χ0v) is 9.06. The summed E-state index contributed by atoms with van der Waals surface area (Å²) in [5, 5.41) is 14.1. The molecular weight excluding hydrogens is 206 g/mol. The van der Waals surface area contributed by atoms with Crippen LogP contribution in [0.15, 0.2) is 18.3 Å². The van der Waals surface area contributed by atoms with Crippen molar-refractivity contribution < 1.29 is 4.92 Å². The van der Waals surface area contributed by atoms with Gasteiger partial charge in [0.2, 0.25) is 0 Å². The maximum atomic E-state index is 10.8. The summed E-state index contributed by atoms with van der Waals surface area (Å²) in [6.45, 7) is 2.01. The number of hydrogen-bond acceptors (Lipinski definition) is 4. The molecule has 0 unspecified atom stereocenters. The van der Waals surface area contributed by atoms with Crippen LogP contribution in [0.1, 0.15) is 18.5 Å². The summed E-state index contributed by atoms with van der Waals surface area (Å²) in [6, 6.07) is 3.15. The summed E-state index contributed by atoms with van der Waals surface area (Å²) >= 11 is 0. The molecule has 1 fully saturated rings. The lowest BCUT2D eigenvalue weighted by molar-refractivity contribution is -0.386. The fourth-order valence-electron chi connectivity index (χ4n) is 2.11. The second-order valence-corrected chi connectivity index (χ2v) is 4.12. The van der Waals surface area contributed by atoms with Crippen molar-refractivity contribution in [2.24, 2.45) is 5.92 Å². The molecule has 0 radical (unpaired) electrons. The number of rotatable bonds is 3. The average Bonchev–Trinajstić information content (AvgIpc) is 2.31. The van der Waals surface area contributed by atoms with Crippen LogP contribution >= 0.6 is 0 Å². The summed E-state index contributed by atoms with van der Waals surface area (Å²) in [7, 11) is 0. The van der Waals surface area contributed by atoms with Crippen molar-refractivity contribution in [3.05, 3.63) is 34.1 Å². The van der Waals surface area contributed by atoms with Crippen molar-refractivity contribution in [3.8, 4) is 0 Å². The van der Waals surface area contributed by atoms with E-state index >= 15 is 0 Å². The van der Waals surface area contributed by atoms with Crippen molar-refractivity contribution >= 4 is 5.69 Å². The van der Waals surface area contributed by atoms with E-state index in [-0.39, 0.29) is 10.6 Å². The minimum absolute atomic E-state index is 0.154. The predicted octanol–water partition coefficient (Wildman–Crippen LogP) is 1.53. The van der Waals surface area contributed by atoms with Gasteiger partial charge in [0.1, 0.15) is 5.69 Å². The molecule has 0 saturated carbocycles. The predicted molar refractivity (Wildman–Crippen MR) is 60.2 cm³/mol. The van der Waals surface area contributed by atoms with Gasteiger partial charge in [-0.2, -0.15) is 0 Å². The first-order chi connectivity index (χ1) is 7.77. The first-order valence-electron chi connectivity index (χ1n) is 5.56. The molecule has 1 saturated heterocycles. The van der Waals surface area contributed by atoms with E-state index in [0.29, 0.717) is 11.6 Å². The van der Waals surface area contributed by atoms with E-state index in [0.717, 1.165) is 32.4 Å². The number of hydrogen-bond donors (Lipinski definition) is 1. The molecule has 86 valence electrons. The molecule has 5 heteroatoms. The summed E-state index contributed by atoms with van der Waals surface area (Å²) in [4.78, 5) is 14.6. The number of aromatic nitrogens is 1. The number of nitro groups is 1. The Balaban J connectivity index is 2.10. The highest BCUT2D eigenvalue weighted by atomic mass is 16.6. The summed E-state index contributed by atoms with van der Waals surface area (Å²) < 4.78 is 0. The maximum absolute atomic E-state index is 10.8. The van der Waals surface area contributed by atoms with Crippen LogP contribution in [0.25, 0.3) is 0 Å². The first kappa shape index (κ1) is 11.0. The van der Waals surface area contributed by atoms with E-state index in [4.69, 9.17) is 0 Å². The van der Waals surface area contributed by atoms with Crippen molar-refractivity contribution in [1.29, 1.82) is 0 Å². The van der Waals surface area contributed by atoms with Gasteiger partial charge in [-0.25, -0.2) is 0 Å². The lowest BCUT2D eigenvalue weighted by Crippen LogP contribution is -2.28. The molecule has 16 heavy (non-hydrogen) atoms. The number of nitrogens with one attached hydrogen (secondary N) is 1. The Morgan fingerprint density at radius 1 is 1.50 bits per heavy atom. The Morgan fingerprint density at radius 2 is 2.25 bits per heavy atom. The van der Waals surface area contributed by atoms with Gasteiger partial charge >= 0.3 is 0 Å². The Kier molecular flexibility index (Phi) is 3.46. The molecule has 2 rings (SSSR count). The molecule has 0 bridgehead atoms. The Hall–Kier alpha value is -1.49. The zero-order chi connectivity index (χ0) is 11.4. The molecular formula is C11H15N3O2. The number of piperidine rings is 1. The molecule has 1 N–H and O–H groups in total. The van der Waals surface area contributed by atoms with Gasteiger partial charge < -0.3 is 5.32 Å². The molecule has 1 aliphatic heterocycles. The second-order valence-electron chi connectivity index (χ2n) is 4.12. The normalized spacial score (nSPS) is 17.2. The summed E-state index contributed by atoms with van der Waals surface area (Å²) in [5.74, 6) is 0.523. The smallest absolute Gasteiger partial charge is 0.290 e. The minimum Gasteiger partial charge on any atom is -0.317 e. The molecule has 0 amide bonds. The molecule has 1 aliphatic rings. The van der Waals surface area contributed by atoms with Gasteiger partial charge in [-0.3, -0.25) is 15.1 Å². The van der Waals surface area contributed by atoms with E-state index in [1.54, 1.807) is 12.3 Å². The van der Waals surface area contributed by atoms with Crippen molar-refractivity contribution in [1.82, 2.24) is 10.3 Å². The van der Waals surface area contributed by atoms with Gasteiger partial charge in [-0.05, 0) is 44.3 Å². The van der Waals surface area contributed by atoms with Gasteiger partial charge in [0, 0.05) is 12.3 Å². The van der Waals surface area contributed by atoms with Gasteiger partial charge in [0.25, 0.3) is 5.69 Å². The quantitative estimate of drug-likeness (QED) is 0.621. The third-order valence-corrected chi connectivity index (χ3v) is 3.00. The molecule has 1 aromatic rings. The Bertz CT molecular complexity index is 375. The van der Waals surface area contributed by atoms with E-state index in [2.05, 4.69) is 10.3 Å². The Labute approximate surface area is 94.0 Å². The SMILES string of the molecule is O=[N+]([O-])c1cccnc1CC1CCNCC1. The highest BCUT2D eigenvalue weighted by molar-refractivity contribution is 5.34. The molecule has 1 aromatic heterocycles. The average molecular weight is 221 g/mol. The van der Waals surface area contributed by atoms with Gasteiger partial charge in [-0.15, -0.1) is 0 Å². The summed E-state index contributed by atoms with van der Waals surface area (Å²) in [5.41, 5.74) is 0.778. The maximum Gasteiger partial charge on any atom is 0.290 e. The van der Waals surface area contributed by atoms with Gasteiger partial charge in [0.05, 0.1) is 4.92 Å². The van der Waals surface area contributed by atoms with E-state index in [9.17, 15) is 10.1 Å². The van der Waals surface area contributed by atoms with Gasteiger partial charge in [0.15, 0.2) is 0 Å². The summed E-state index contributed by atoms with van der Waals surface area (Å²) in [6.07, 6.45) is 4.50. The molecule has 0 aliphatic carbocycles. The van der Waals surface area contributed by atoms with Crippen LogP contribution in [0, 0.1) is 16.0 Å². The van der Waals surface area contributed by atoms with Gasteiger partial charge in [-0.1, -0.05) is 0 Å². The third-order valence-electron chi connectivity index (χ3n) is 3.00. The topological polar surface area (TPSA) is 68.1 Å². The first-order valence-corrected chi connectivity index (χ1v) is 5.56. The lowest BCUT2D eigenvalue weighted by Gasteiger charge is -2.21. The zero-order valence-electron chi connectivity index (χ0n) is 9.06. The van der Waals surface area contributed by atoms with E-state index < -0.39 is 0 Å². The van der Waals surface area contributed by atoms with E-state index in [1.165, 1.54) is 6.07 Å². The minimum atomic E-state index is -0.344. The fourth-order valence-corrected chi connectivity index (χ4v) is 2.11. The second kappa shape index (κ2) is 5.03. The lowest BCUT2D eigenvalue weighted by atomic mass is 9.92. The molecule has 0 atom stereocenters. The van der Waals surface area contributed by atoms with Crippen LogP contribution < -0.4 is 5.32 Å². The highest BCUT2D eigenvalue weighted by Gasteiger charge is 2.20. The van der Waals surface area contributed by atoms with Crippen LogP contribution in [0.4, 0.5) is 5.69 Å². The van der Waals surface area contributed by atoms with E-state index in [1.807, 2.05) is 0 Å². The molecule has 2 heterocycles. The third kappa shape index (κ3) is 2.55. The standard InChI is InChI=1S/C11H15N3O2/c15-14(16)11-2-1-5-13-10(11)8-9-3-6-12-7-4-9/h1-2,5,9,12H,3-4,6-8H2. The van der Waals surface area contributed by atoms with Crippen LogP contribution in [0.2, 0.25) is 0 Å². The molecule has 5 nitrogen and oxygen atoms in total. The molecule has 0 aromatic carbocycles.